The van der Waals surface area contributed by atoms with Crippen LogP contribution in [0, 0.1) is 0 Å². The molecule has 0 aliphatic rings. The highest BCUT2D eigenvalue weighted by atomic mass is 14.9. The Labute approximate surface area is 114 Å². The van der Waals surface area contributed by atoms with Crippen LogP contribution in [0.15, 0.2) is 43.0 Å². The second kappa shape index (κ2) is 3.99. The van der Waals surface area contributed by atoms with Crippen molar-refractivity contribution >= 4 is 16.6 Å². The number of imidazole rings is 2. The normalized spacial score (nSPS) is 11.2. The smallest absolute Gasteiger partial charge is 0.155 e. The second-order valence-corrected chi connectivity index (χ2v) is 4.55. The van der Waals surface area contributed by atoms with Crippen LogP contribution >= 0.6 is 0 Å². The standard InChI is InChI=1S/C14H12N6/c15-11-9-2-1-8(13-16-3-4-17-13)7-10(9)20-12(11)14-18-5-6-19-14/h1-7,20H,15H2,(H,16,17)(H,18,19). The van der Waals surface area contributed by atoms with Gasteiger partial charge in [-0.05, 0) is 6.07 Å². The first-order valence-electron chi connectivity index (χ1n) is 6.23. The predicted octanol–water partition coefficient (Wildman–Crippen LogP) is 2.53. The van der Waals surface area contributed by atoms with Crippen LogP contribution in [0.3, 0.4) is 0 Å². The van der Waals surface area contributed by atoms with Crippen LogP contribution in [0.2, 0.25) is 0 Å². The van der Waals surface area contributed by atoms with Gasteiger partial charge in [0.1, 0.15) is 11.5 Å². The maximum Gasteiger partial charge on any atom is 0.155 e. The second-order valence-electron chi connectivity index (χ2n) is 4.55. The Kier molecular flexibility index (Phi) is 2.17. The molecule has 5 N–H and O–H groups in total. The van der Waals surface area contributed by atoms with Gasteiger partial charge in [-0.25, -0.2) is 9.97 Å². The van der Waals surface area contributed by atoms with E-state index in [0.29, 0.717) is 5.69 Å². The molecule has 0 atom stereocenters. The van der Waals surface area contributed by atoms with E-state index in [1.54, 1.807) is 24.8 Å². The molecule has 6 nitrogen and oxygen atoms in total. The zero-order valence-electron chi connectivity index (χ0n) is 10.5. The number of hydrogen-bond donors (Lipinski definition) is 4. The van der Waals surface area contributed by atoms with Gasteiger partial charge in [-0.3, -0.25) is 0 Å². The minimum absolute atomic E-state index is 0.695. The molecule has 4 rings (SSSR count). The molecule has 20 heavy (non-hydrogen) atoms. The zero-order valence-corrected chi connectivity index (χ0v) is 10.5. The van der Waals surface area contributed by atoms with Crippen LogP contribution in [0.5, 0.6) is 0 Å². The van der Waals surface area contributed by atoms with Gasteiger partial charge in [0.05, 0.1) is 5.69 Å². The molecule has 3 heterocycles. The van der Waals surface area contributed by atoms with E-state index in [9.17, 15) is 0 Å². The highest BCUT2D eigenvalue weighted by molar-refractivity contribution is 6.00. The Hall–Kier alpha value is -3.02. The summed E-state index contributed by atoms with van der Waals surface area (Å²) in [5, 5.41) is 0.978. The van der Waals surface area contributed by atoms with Gasteiger partial charge in [-0.1, -0.05) is 12.1 Å². The Bertz CT molecular complexity index is 855. The predicted molar refractivity (Wildman–Crippen MR) is 77.9 cm³/mol. The van der Waals surface area contributed by atoms with Crippen molar-refractivity contribution < 1.29 is 0 Å². The monoisotopic (exact) mass is 264 g/mol. The van der Waals surface area contributed by atoms with Crippen molar-refractivity contribution in [1.82, 2.24) is 24.9 Å². The summed E-state index contributed by atoms with van der Waals surface area (Å²) in [4.78, 5) is 17.9. The molecule has 0 amide bonds. The molecule has 1 aromatic carbocycles. The molecule has 0 fully saturated rings. The number of aromatic amines is 3. The third kappa shape index (κ3) is 1.51. The van der Waals surface area contributed by atoms with Crippen LogP contribution in [-0.4, -0.2) is 24.9 Å². The quantitative estimate of drug-likeness (QED) is 0.447. The molecule has 0 radical (unpaired) electrons. The minimum atomic E-state index is 0.695. The van der Waals surface area contributed by atoms with Gasteiger partial charge in [0, 0.05) is 41.3 Å². The number of nitrogens with one attached hydrogen (secondary N) is 3. The van der Waals surface area contributed by atoms with Gasteiger partial charge in [0.2, 0.25) is 0 Å². The van der Waals surface area contributed by atoms with Crippen molar-refractivity contribution in [3.8, 4) is 22.9 Å². The molecule has 0 bridgehead atoms. The van der Waals surface area contributed by atoms with Crippen LogP contribution in [0.4, 0.5) is 5.69 Å². The van der Waals surface area contributed by atoms with E-state index in [0.717, 1.165) is 33.8 Å². The number of nitrogen functional groups attached to an aromatic ring is 1. The highest BCUT2D eigenvalue weighted by Gasteiger charge is 2.13. The molecule has 0 unspecified atom stereocenters. The topological polar surface area (TPSA) is 99.2 Å². The van der Waals surface area contributed by atoms with Crippen LogP contribution < -0.4 is 5.73 Å². The molecule has 6 heteroatoms. The summed E-state index contributed by atoms with van der Waals surface area (Å²) in [5.74, 6) is 1.57. The van der Waals surface area contributed by atoms with E-state index in [1.807, 2.05) is 18.2 Å². The lowest BCUT2D eigenvalue weighted by Gasteiger charge is -1.97. The molecule has 0 aliphatic heterocycles. The first-order chi connectivity index (χ1) is 9.83. The SMILES string of the molecule is Nc1c(-c2ncc[nH]2)[nH]c2cc(-c3ncc[nH]3)ccc12. The van der Waals surface area contributed by atoms with Crippen molar-refractivity contribution in [3.05, 3.63) is 43.0 Å². The number of benzene rings is 1. The van der Waals surface area contributed by atoms with Crippen molar-refractivity contribution in [3.63, 3.8) is 0 Å². The molecule has 0 aliphatic carbocycles. The molecule has 0 spiro atoms. The number of H-pyrrole nitrogens is 3. The first-order valence-corrected chi connectivity index (χ1v) is 6.23. The molecule has 4 aromatic rings. The number of aromatic nitrogens is 5. The number of nitrogens with two attached hydrogens (primary N) is 1. The summed E-state index contributed by atoms with van der Waals surface area (Å²) in [6, 6.07) is 6.01. The van der Waals surface area contributed by atoms with E-state index in [4.69, 9.17) is 5.73 Å². The third-order valence-electron chi connectivity index (χ3n) is 3.35. The minimum Gasteiger partial charge on any atom is -0.396 e. The zero-order chi connectivity index (χ0) is 13.5. The molecule has 0 saturated carbocycles. The Morgan fingerprint density at radius 1 is 0.950 bits per heavy atom. The van der Waals surface area contributed by atoms with Crippen LogP contribution in [0.25, 0.3) is 33.8 Å². The number of fused-ring (bicyclic) bond motifs is 1. The average molecular weight is 264 g/mol. The van der Waals surface area contributed by atoms with Crippen molar-refractivity contribution in [2.75, 3.05) is 5.73 Å². The van der Waals surface area contributed by atoms with Crippen LogP contribution in [-0.2, 0) is 0 Å². The summed E-state index contributed by atoms with van der Waals surface area (Å²) in [7, 11) is 0. The molecule has 98 valence electrons. The van der Waals surface area contributed by atoms with Crippen molar-refractivity contribution in [1.29, 1.82) is 0 Å². The van der Waals surface area contributed by atoms with E-state index in [2.05, 4.69) is 24.9 Å². The summed E-state index contributed by atoms with van der Waals surface area (Å²) in [6.45, 7) is 0. The fourth-order valence-corrected chi connectivity index (χ4v) is 2.38. The summed E-state index contributed by atoms with van der Waals surface area (Å²) in [6.07, 6.45) is 7.01. The van der Waals surface area contributed by atoms with E-state index < -0.39 is 0 Å². The van der Waals surface area contributed by atoms with Gasteiger partial charge in [-0.2, -0.15) is 0 Å². The molecule has 3 aromatic heterocycles. The van der Waals surface area contributed by atoms with Gasteiger partial charge >= 0.3 is 0 Å². The number of rotatable bonds is 2. The fraction of sp³-hybridized carbons (Fsp3) is 0. The van der Waals surface area contributed by atoms with E-state index in [-0.39, 0.29) is 0 Å². The Balaban J connectivity index is 1.92. The Morgan fingerprint density at radius 2 is 1.70 bits per heavy atom. The Morgan fingerprint density at radius 3 is 2.40 bits per heavy atom. The molecular weight excluding hydrogens is 252 g/mol. The van der Waals surface area contributed by atoms with E-state index >= 15 is 0 Å². The van der Waals surface area contributed by atoms with Crippen molar-refractivity contribution in [2.24, 2.45) is 0 Å². The maximum absolute atomic E-state index is 6.18. The summed E-state index contributed by atoms with van der Waals surface area (Å²) in [5.41, 5.74) is 9.66. The lowest BCUT2D eigenvalue weighted by molar-refractivity contribution is 1.27. The van der Waals surface area contributed by atoms with Crippen molar-refractivity contribution in [2.45, 2.75) is 0 Å². The summed E-state index contributed by atoms with van der Waals surface area (Å²) < 4.78 is 0. The van der Waals surface area contributed by atoms with Gasteiger partial charge in [0.15, 0.2) is 5.82 Å². The lowest BCUT2D eigenvalue weighted by atomic mass is 10.1. The molecular formula is C14H12N6. The third-order valence-corrected chi connectivity index (χ3v) is 3.35. The largest absolute Gasteiger partial charge is 0.396 e. The van der Waals surface area contributed by atoms with Gasteiger partial charge in [0.25, 0.3) is 0 Å². The fourth-order valence-electron chi connectivity index (χ4n) is 2.38. The van der Waals surface area contributed by atoms with Gasteiger partial charge in [-0.15, -0.1) is 0 Å². The number of nitrogens with zero attached hydrogens (tertiary/aromatic N) is 2. The molecule has 0 saturated heterocycles. The number of anilines is 1. The van der Waals surface area contributed by atoms with Gasteiger partial charge < -0.3 is 20.7 Å². The average Bonchev–Trinajstić information content (AvgIpc) is 3.19. The lowest BCUT2D eigenvalue weighted by Crippen LogP contribution is -1.88. The summed E-state index contributed by atoms with van der Waals surface area (Å²) >= 11 is 0. The van der Waals surface area contributed by atoms with E-state index in [1.165, 1.54) is 0 Å². The maximum atomic E-state index is 6.18. The van der Waals surface area contributed by atoms with Crippen LogP contribution in [0.1, 0.15) is 0 Å². The highest BCUT2D eigenvalue weighted by Crippen LogP contribution is 2.32. The number of hydrogen-bond acceptors (Lipinski definition) is 3. The first kappa shape index (κ1) is 10.9.